The first-order valence-electron chi connectivity index (χ1n) is 12.4. The molecule has 180 valence electrons. The van der Waals surface area contributed by atoms with Crippen molar-refractivity contribution >= 4 is 17.3 Å². The first-order chi connectivity index (χ1) is 16.3. The highest BCUT2D eigenvalue weighted by Crippen LogP contribution is 2.47. The van der Waals surface area contributed by atoms with Gasteiger partial charge in [-0.25, -0.2) is 0 Å². The minimum atomic E-state index is -0.520. The molecule has 1 aliphatic heterocycles. The average Bonchev–Trinajstić information content (AvgIpc) is 2.84. The number of carbonyl (C=O) groups excluding carboxylic acids is 3. The highest BCUT2D eigenvalue weighted by Gasteiger charge is 2.45. The SMILES string of the molecule is CCOC1CC(c2ccccc2)OC2(CCC(C(=O)c3ccc(C(=O)C(C)=O)cc3C)CC2)C1. The van der Waals surface area contributed by atoms with Crippen LogP contribution in [-0.2, 0) is 14.3 Å². The van der Waals surface area contributed by atoms with Crippen molar-refractivity contribution in [2.45, 2.75) is 77.1 Å². The van der Waals surface area contributed by atoms with Crippen molar-refractivity contribution in [1.82, 2.24) is 0 Å². The molecule has 4 rings (SSSR count). The van der Waals surface area contributed by atoms with Crippen molar-refractivity contribution in [3.63, 3.8) is 0 Å². The van der Waals surface area contributed by atoms with Crippen LogP contribution in [0, 0.1) is 12.8 Å². The van der Waals surface area contributed by atoms with Gasteiger partial charge >= 0.3 is 0 Å². The molecule has 1 aliphatic carbocycles. The van der Waals surface area contributed by atoms with Gasteiger partial charge in [0.25, 0.3) is 0 Å². The van der Waals surface area contributed by atoms with Crippen molar-refractivity contribution < 1.29 is 23.9 Å². The number of hydrogen-bond acceptors (Lipinski definition) is 5. The van der Waals surface area contributed by atoms with Crippen LogP contribution in [0.1, 0.15) is 90.3 Å². The van der Waals surface area contributed by atoms with Gasteiger partial charge in [0.1, 0.15) is 0 Å². The smallest absolute Gasteiger partial charge is 0.228 e. The monoisotopic (exact) mass is 462 g/mol. The third kappa shape index (κ3) is 5.21. The predicted molar refractivity (Wildman–Crippen MR) is 130 cm³/mol. The lowest BCUT2D eigenvalue weighted by Gasteiger charge is -2.48. The van der Waals surface area contributed by atoms with E-state index in [0.717, 1.165) is 44.1 Å². The number of benzene rings is 2. The molecule has 0 N–H and O–H groups in total. The van der Waals surface area contributed by atoms with Gasteiger partial charge < -0.3 is 9.47 Å². The number of hydrogen-bond donors (Lipinski definition) is 0. The Bertz CT molecular complexity index is 1050. The van der Waals surface area contributed by atoms with E-state index in [1.165, 1.54) is 12.5 Å². The summed E-state index contributed by atoms with van der Waals surface area (Å²) in [5.41, 5.74) is 2.64. The van der Waals surface area contributed by atoms with Crippen LogP contribution in [0.2, 0.25) is 0 Å². The molecule has 2 aromatic rings. The summed E-state index contributed by atoms with van der Waals surface area (Å²) in [6, 6.07) is 15.3. The fourth-order valence-corrected chi connectivity index (χ4v) is 5.60. The lowest BCUT2D eigenvalue weighted by molar-refractivity contribution is -0.189. The summed E-state index contributed by atoms with van der Waals surface area (Å²) < 4.78 is 12.8. The first-order valence-corrected chi connectivity index (χ1v) is 12.4. The maximum Gasteiger partial charge on any atom is 0.228 e. The highest BCUT2D eigenvalue weighted by molar-refractivity contribution is 6.42. The summed E-state index contributed by atoms with van der Waals surface area (Å²) >= 11 is 0. The number of aryl methyl sites for hydroxylation is 1. The number of ketones is 3. The molecular weight excluding hydrogens is 428 g/mol. The van der Waals surface area contributed by atoms with Crippen molar-refractivity contribution in [1.29, 1.82) is 0 Å². The van der Waals surface area contributed by atoms with Gasteiger partial charge in [0.05, 0.1) is 17.8 Å². The van der Waals surface area contributed by atoms with Gasteiger partial charge in [-0.1, -0.05) is 42.5 Å². The zero-order valence-electron chi connectivity index (χ0n) is 20.3. The Morgan fingerprint density at radius 2 is 1.76 bits per heavy atom. The molecule has 2 aromatic carbocycles. The van der Waals surface area contributed by atoms with Crippen LogP contribution in [-0.4, -0.2) is 35.7 Å². The van der Waals surface area contributed by atoms with E-state index >= 15 is 0 Å². The third-order valence-corrected chi connectivity index (χ3v) is 7.38. The topological polar surface area (TPSA) is 69.7 Å². The molecule has 2 atom stereocenters. The van der Waals surface area contributed by atoms with E-state index in [2.05, 4.69) is 12.1 Å². The second-order valence-electron chi connectivity index (χ2n) is 9.77. The molecular formula is C29H34O5. The van der Waals surface area contributed by atoms with Crippen LogP contribution < -0.4 is 0 Å². The summed E-state index contributed by atoms with van der Waals surface area (Å²) in [6.07, 6.45) is 5.09. The Labute approximate surface area is 201 Å². The average molecular weight is 463 g/mol. The van der Waals surface area contributed by atoms with E-state index < -0.39 is 11.6 Å². The van der Waals surface area contributed by atoms with Crippen molar-refractivity contribution in [2.24, 2.45) is 5.92 Å². The number of ether oxygens (including phenoxy) is 2. The van der Waals surface area contributed by atoms with Crippen LogP contribution in [0.15, 0.2) is 48.5 Å². The van der Waals surface area contributed by atoms with Gasteiger partial charge in [-0.3, -0.25) is 14.4 Å². The molecule has 1 saturated heterocycles. The van der Waals surface area contributed by atoms with E-state index in [-0.39, 0.29) is 29.5 Å². The van der Waals surface area contributed by atoms with Crippen LogP contribution in [0.25, 0.3) is 0 Å². The molecule has 5 nitrogen and oxygen atoms in total. The largest absolute Gasteiger partial charge is 0.378 e. The number of rotatable bonds is 7. The second kappa shape index (κ2) is 10.3. The van der Waals surface area contributed by atoms with E-state index in [9.17, 15) is 14.4 Å². The normalized spacial score (nSPS) is 26.9. The van der Waals surface area contributed by atoms with E-state index in [4.69, 9.17) is 9.47 Å². The molecule has 0 bridgehead atoms. The zero-order valence-corrected chi connectivity index (χ0v) is 20.3. The third-order valence-electron chi connectivity index (χ3n) is 7.38. The molecule has 1 spiro atoms. The summed E-state index contributed by atoms with van der Waals surface area (Å²) in [4.78, 5) is 36.7. The van der Waals surface area contributed by atoms with E-state index in [1.54, 1.807) is 18.2 Å². The van der Waals surface area contributed by atoms with Crippen molar-refractivity contribution in [3.05, 3.63) is 70.8 Å². The van der Waals surface area contributed by atoms with Crippen LogP contribution in [0.3, 0.4) is 0 Å². The summed E-state index contributed by atoms with van der Waals surface area (Å²) in [7, 11) is 0. The Morgan fingerprint density at radius 3 is 2.38 bits per heavy atom. The first kappa shape index (κ1) is 24.5. The van der Waals surface area contributed by atoms with Gasteiger partial charge in [0.2, 0.25) is 5.78 Å². The minimum absolute atomic E-state index is 0.00681. The Balaban J connectivity index is 1.46. The van der Waals surface area contributed by atoms with Gasteiger partial charge in [0.15, 0.2) is 11.6 Å². The fraction of sp³-hybridized carbons (Fsp3) is 0.483. The quantitative estimate of drug-likeness (QED) is 0.382. The van der Waals surface area contributed by atoms with Crippen molar-refractivity contribution in [3.8, 4) is 0 Å². The molecule has 2 aliphatic rings. The molecule has 0 aromatic heterocycles. The fourth-order valence-electron chi connectivity index (χ4n) is 5.60. The maximum atomic E-state index is 13.3. The van der Waals surface area contributed by atoms with Gasteiger partial charge in [0, 0.05) is 43.4 Å². The van der Waals surface area contributed by atoms with Gasteiger partial charge in [-0.05, 0) is 56.7 Å². The molecule has 2 fully saturated rings. The van der Waals surface area contributed by atoms with E-state index in [0.29, 0.717) is 17.7 Å². The Morgan fingerprint density at radius 1 is 1.06 bits per heavy atom. The molecule has 1 heterocycles. The second-order valence-corrected chi connectivity index (χ2v) is 9.77. The Hall–Kier alpha value is -2.63. The Kier molecular flexibility index (Phi) is 7.44. The molecule has 0 radical (unpaired) electrons. The standard InChI is InChI=1S/C29H34O5/c1-4-33-24-17-26(21-8-6-5-7-9-21)34-29(18-24)14-12-22(13-15-29)28(32)25-11-10-23(16-19(25)2)27(31)20(3)30/h5-11,16,22,24,26H,4,12-15,17-18H2,1-3H3. The molecule has 2 unspecified atom stereocenters. The van der Waals surface area contributed by atoms with Gasteiger partial charge in [-0.15, -0.1) is 0 Å². The molecule has 0 amide bonds. The van der Waals surface area contributed by atoms with Gasteiger partial charge in [-0.2, -0.15) is 0 Å². The number of carbonyl (C=O) groups is 3. The predicted octanol–water partition coefficient (Wildman–Crippen LogP) is 5.84. The van der Waals surface area contributed by atoms with Crippen molar-refractivity contribution in [2.75, 3.05) is 6.61 Å². The molecule has 1 saturated carbocycles. The highest BCUT2D eigenvalue weighted by atomic mass is 16.5. The molecule has 34 heavy (non-hydrogen) atoms. The van der Waals surface area contributed by atoms with Crippen LogP contribution in [0.4, 0.5) is 0 Å². The lowest BCUT2D eigenvalue weighted by atomic mass is 9.71. The number of Topliss-reactive ketones (excluding diaryl/α,β-unsaturated/α-hetero) is 3. The summed E-state index contributed by atoms with van der Waals surface area (Å²) in [5.74, 6) is -0.966. The maximum absolute atomic E-state index is 13.3. The summed E-state index contributed by atoms with van der Waals surface area (Å²) in [6.45, 7) is 5.81. The summed E-state index contributed by atoms with van der Waals surface area (Å²) in [5, 5.41) is 0. The van der Waals surface area contributed by atoms with E-state index in [1.807, 2.05) is 32.0 Å². The van der Waals surface area contributed by atoms with Crippen LogP contribution >= 0.6 is 0 Å². The minimum Gasteiger partial charge on any atom is -0.378 e. The molecule has 5 heteroatoms. The zero-order chi connectivity index (χ0) is 24.3. The van der Waals surface area contributed by atoms with Crippen LogP contribution in [0.5, 0.6) is 0 Å². The lowest BCUT2D eigenvalue weighted by Crippen LogP contribution is -2.47.